The summed E-state index contributed by atoms with van der Waals surface area (Å²) in [7, 11) is 0. The normalized spacial score (nSPS) is 11.2. The third-order valence-corrected chi connectivity index (χ3v) is 3.70. The van der Waals surface area contributed by atoms with Crippen molar-refractivity contribution in [3.8, 4) is 0 Å². The number of rotatable bonds is 6. The number of thiophene rings is 1. The molecule has 0 N–H and O–H groups in total. The third-order valence-electron chi connectivity index (χ3n) is 2.78. The van der Waals surface area contributed by atoms with Gasteiger partial charge in [-0.25, -0.2) is 6.57 Å². The molecule has 0 aliphatic heterocycles. The monoisotopic (exact) mass is 268 g/mol. The van der Waals surface area contributed by atoms with Crippen LogP contribution in [-0.4, -0.2) is 12.3 Å². The van der Waals surface area contributed by atoms with Crippen LogP contribution in [-0.2, 0) is 6.54 Å². The van der Waals surface area contributed by atoms with Crippen molar-refractivity contribution in [1.29, 1.82) is 0 Å². The van der Waals surface area contributed by atoms with Crippen molar-refractivity contribution in [3.05, 3.63) is 69.7 Å². The highest BCUT2D eigenvalue weighted by molar-refractivity contribution is 7.12. The molecule has 2 aromatic rings. The second-order valence-corrected chi connectivity index (χ2v) is 5.16. The van der Waals surface area contributed by atoms with Gasteiger partial charge in [-0.3, -0.25) is 4.99 Å². The van der Waals surface area contributed by atoms with Crippen LogP contribution in [0.5, 0.6) is 0 Å². The van der Waals surface area contributed by atoms with Gasteiger partial charge >= 0.3 is 0 Å². The van der Waals surface area contributed by atoms with Crippen LogP contribution in [0, 0.1) is 6.57 Å². The Morgan fingerprint density at radius 2 is 2.00 bits per heavy atom. The van der Waals surface area contributed by atoms with Gasteiger partial charge in [-0.2, -0.15) is 0 Å². The largest absolute Gasteiger partial charge is 0.317 e. The minimum atomic E-state index is 0.579. The number of nitrogens with zero attached hydrogens (tertiary/aromatic N) is 2. The lowest BCUT2D eigenvalue weighted by atomic mass is 10.1. The van der Waals surface area contributed by atoms with Crippen LogP contribution in [0.4, 0.5) is 0 Å². The van der Waals surface area contributed by atoms with Crippen LogP contribution < -0.4 is 0 Å². The smallest absolute Gasteiger partial charge is 0.215 e. The number of hydrogen-bond acceptors (Lipinski definition) is 2. The lowest BCUT2D eigenvalue weighted by Crippen LogP contribution is -2.00. The molecule has 0 unspecified atom stereocenters. The fourth-order valence-electron chi connectivity index (χ4n) is 1.82. The summed E-state index contributed by atoms with van der Waals surface area (Å²) in [5.74, 6) is 0. The van der Waals surface area contributed by atoms with E-state index in [4.69, 9.17) is 11.6 Å². The molecule has 0 aliphatic carbocycles. The number of hydrogen-bond donors (Lipinski definition) is 0. The molecule has 2 rings (SSSR count). The van der Waals surface area contributed by atoms with Gasteiger partial charge in [0, 0.05) is 11.3 Å². The van der Waals surface area contributed by atoms with Crippen LogP contribution in [0.3, 0.4) is 0 Å². The molecule has 0 saturated heterocycles. The molecule has 96 valence electrons. The molecule has 0 saturated carbocycles. The summed E-state index contributed by atoms with van der Waals surface area (Å²) in [5, 5.41) is 2.07. The Bertz CT molecular complexity index is 550. The minimum absolute atomic E-state index is 0.579. The van der Waals surface area contributed by atoms with Crippen LogP contribution in [0.25, 0.3) is 4.85 Å². The molecule has 0 radical (unpaired) electrons. The van der Waals surface area contributed by atoms with Gasteiger partial charge in [-0.1, -0.05) is 36.4 Å². The van der Waals surface area contributed by atoms with E-state index in [1.54, 1.807) is 11.3 Å². The van der Waals surface area contributed by atoms with E-state index in [-0.39, 0.29) is 0 Å². The molecule has 0 fully saturated rings. The molecular formula is C16H16N2S. The average Bonchev–Trinajstić information content (AvgIpc) is 2.98. The Balaban J connectivity index is 2.06. The van der Waals surface area contributed by atoms with Crippen LogP contribution in [0.2, 0.25) is 0 Å². The van der Waals surface area contributed by atoms with E-state index in [0.717, 1.165) is 18.6 Å². The van der Waals surface area contributed by atoms with Gasteiger partial charge in [0.15, 0.2) is 0 Å². The summed E-state index contributed by atoms with van der Waals surface area (Å²) in [6, 6.07) is 14.4. The minimum Gasteiger partial charge on any atom is -0.317 e. The first-order valence-corrected chi connectivity index (χ1v) is 7.22. The zero-order valence-electron chi connectivity index (χ0n) is 10.7. The first-order chi connectivity index (χ1) is 9.40. The highest BCUT2D eigenvalue weighted by Crippen LogP contribution is 2.15. The molecule has 1 aromatic carbocycles. The Morgan fingerprint density at radius 3 is 2.68 bits per heavy atom. The predicted molar refractivity (Wildman–Crippen MR) is 81.7 cm³/mol. The van der Waals surface area contributed by atoms with Crippen molar-refractivity contribution in [2.24, 2.45) is 4.99 Å². The van der Waals surface area contributed by atoms with E-state index < -0.39 is 0 Å². The van der Waals surface area contributed by atoms with Crippen LogP contribution in [0.15, 0.2) is 52.8 Å². The highest BCUT2D eigenvalue weighted by atomic mass is 32.1. The zero-order valence-corrected chi connectivity index (χ0v) is 11.6. The SMILES string of the molecule is [C-]#[N+]CCCC(=NCc1ccccc1)c1cccs1. The molecule has 3 heteroatoms. The molecule has 0 spiro atoms. The third kappa shape index (κ3) is 4.35. The second kappa shape index (κ2) is 7.50. The molecule has 1 heterocycles. The highest BCUT2D eigenvalue weighted by Gasteiger charge is 2.05. The Labute approximate surface area is 118 Å². The van der Waals surface area contributed by atoms with Crippen LogP contribution >= 0.6 is 11.3 Å². The maximum absolute atomic E-state index is 6.85. The maximum Gasteiger partial charge on any atom is 0.215 e. The molecule has 0 amide bonds. The van der Waals surface area contributed by atoms with Gasteiger partial charge in [0.1, 0.15) is 0 Å². The quantitative estimate of drug-likeness (QED) is 0.418. The summed E-state index contributed by atoms with van der Waals surface area (Å²) >= 11 is 1.72. The molecule has 0 aliphatic rings. The van der Waals surface area contributed by atoms with E-state index in [9.17, 15) is 0 Å². The maximum atomic E-state index is 6.85. The summed E-state index contributed by atoms with van der Waals surface area (Å²) in [4.78, 5) is 9.36. The summed E-state index contributed by atoms with van der Waals surface area (Å²) < 4.78 is 0. The topological polar surface area (TPSA) is 16.7 Å². The Morgan fingerprint density at radius 1 is 1.16 bits per heavy atom. The van der Waals surface area contributed by atoms with E-state index in [1.807, 2.05) is 24.3 Å². The van der Waals surface area contributed by atoms with Gasteiger partial charge in [0.25, 0.3) is 0 Å². The van der Waals surface area contributed by atoms with E-state index in [1.165, 1.54) is 10.4 Å². The molecule has 2 nitrogen and oxygen atoms in total. The molecular weight excluding hydrogens is 252 g/mol. The van der Waals surface area contributed by atoms with Gasteiger partial charge < -0.3 is 4.85 Å². The van der Waals surface area contributed by atoms with Gasteiger partial charge in [0.05, 0.1) is 12.3 Å². The Hall–Kier alpha value is -1.92. The first kappa shape index (κ1) is 13.5. The molecule has 0 atom stereocenters. The lowest BCUT2D eigenvalue weighted by molar-refractivity contribution is 0.937. The van der Waals surface area contributed by atoms with Gasteiger partial charge in [0.2, 0.25) is 6.54 Å². The lowest BCUT2D eigenvalue weighted by Gasteiger charge is -2.03. The van der Waals surface area contributed by atoms with Crippen molar-refractivity contribution < 1.29 is 0 Å². The van der Waals surface area contributed by atoms with E-state index in [2.05, 4.69) is 28.4 Å². The predicted octanol–water partition coefficient (Wildman–Crippen LogP) is 4.44. The first-order valence-electron chi connectivity index (χ1n) is 6.34. The van der Waals surface area contributed by atoms with Gasteiger partial charge in [-0.05, 0) is 23.4 Å². The fraction of sp³-hybridized carbons (Fsp3) is 0.250. The summed E-state index contributed by atoms with van der Waals surface area (Å²) in [5.41, 5.74) is 2.35. The second-order valence-electron chi connectivity index (χ2n) is 4.21. The molecule has 1 aromatic heterocycles. The standard InChI is InChI=1S/C16H16N2S/c1-17-11-5-9-15(16-10-6-12-19-16)18-13-14-7-3-2-4-8-14/h2-4,6-8,10,12H,5,9,11,13H2. The Kier molecular flexibility index (Phi) is 5.33. The van der Waals surface area contributed by atoms with Crippen LogP contribution in [0.1, 0.15) is 23.3 Å². The van der Waals surface area contributed by atoms with E-state index >= 15 is 0 Å². The van der Waals surface area contributed by atoms with Crippen molar-refractivity contribution in [2.45, 2.75) is 19.4 Å². The van der Waals surface area contributed by atoms with Crippen molar-refractivity contribution >= 4 is 17.0 Å². The fourth-order valence-corrected chi connectivity index (χ4v) is 2.58. The summed E-state index contributed by atoms with van der Waals surface area (Å²) in [6.07, 6.45) is 1.77. The molecule has 0 bridgehead atoms. The van der Waals surface area contributed by atoms with Crippen molar-refractivity contribution in [3.63, 3.8) is 0 Å². The number of aliphatic imine (C=N–C) groups is 1. The molecule has 19 heavy (non-hydrogen) atoms. The van der Waals surface area contributed by atoms with Gasteiger partial charge in [-0.15, -0.1) is 11.3 Å². The average molecular weight is 268 g/mol. The zero-order chi connectivity index (χ0) is 13.3. The summed E-state index contributed by atoms with van der Waals surface area (Å²) in [6.45, 7) is 8.14. The van der Waals surface area contributed by atoms with Crippen molar-refractivity contribution in [1.82, 2.24) is 0 Å². The van der Waals surface area contributed by atoms with E-state index in [0.29, 0.717) is 13.1 Å². The van der Waals surface area contributed by atoms with Crippen molar-refractivity contribution in [2.75, 3.05) is 6.54 Å². The number of benzene rings is 1.